The second-order valence-electron chi connectivity index (χ2n) is 9.00. The minimum Gasteiger partial charge on any atom is -0.354 e. The molecular weight excluding hydrogens is 416 g/mol. The van der Waals surface area contributed by atoms with E-state index < -0.39 is 6.04 Å². The Balaban J connectivity index is 2.15. The van der Waals surface area contributed by atoms with Crippen LogP contribution >= 0.6 is 11.8 Å². The Morgan fingerprint density at radius 2 is 1.69 bits per heavy atom. The van der Waals surface area contributed by atoms with Crippen molar-refractivity contribution in [3.8, 4) is 0 Å². The van der Waals surface area contributed by atoms with Crippen LogP contribution in [0.3, 0.4) is 0 Å². The quantitative estimate of drug-likeness (QED) is 0.493. The lowest BCUT2D eigenvalue weighted by atomic mass is 10.1. The van der Waals surface area contributed by atoms with Crippen LogP contribution in [0.15, 0.2) is 42.5 Å². The summed E-state index contributed by atoms with van der Waals surface area (Å²) in [6.07, 6.45) is 0.587. The number of hydrogen-bond acceptors (Lipinski definition) is 3. The van der Waals surface area contributed by atoms with Crippen molar-refractivity contribution in [2.75, 3.05) is 12.3 Å². The molecule has 0 saturated carbocycles. The minimum absolute atomic E-state index is 0.00850. The van der Waals surface area contributed by atoms with Gasteiger partial charge in [0.1, 0.15) is 6.04 Å². The Labute approximate surface area is 198 Å². The smallest absolute Gasteiger partial charge is 0.242 e. The number of thioether (sulfide) groups is 1. The second kappa shape index (κ2) is 12.7. The van der Waals surface area contributed by atoms with E-state index >= 15 is 0 Å². The molecule has 32 heavy (non-hydrogen) atoms. The van der Waals surface area contributed by atoms with Gasteiger partial charge in [-0.1, -0.05) is 74.4 Å². The summed E-state index contributed by atoms with van der Waals surface area (Å²) in [5.41, 5.74) is 5.91. The molecule has 0 saturated heterocycles. The monoisotopic (exact) mass is 454 g/mol. The third-order valence-electron chi connectivity index (χ3n) is 5.45. The Hall–Kier alpha value is -2.27. The molecule has 0 aliphatic carbocycles. The molecule has 0 aliphatic heterocycles. The van der Waals surface area contributed by atoms with Gasteiger partial charge in [-0.3, -0.25) is 9.59 Å². The number of aryl methyl sites for hydroxylation is 3. The molecule has 2 aromatic carbocycles. The number of nitrogens with one attached hydrogen (secondary N) is 1. The largest absolute Gasteiger partial charge is 0.354 e. The molecule has 2 aromatic rings. The highest BCUT2D eigenvalue weighted by molar-refractivity contribution is 7.99. The van der Waals surface area contributed by atoms with E-state index in [4.69, 9.17) is 0 Å². The molecule has 0 unspecified atom stereocenters. The van der Waals surface area contributed by atoms with Crippen molar-refractivity contribution in [3.05, 3.63) is 70.3 Å². The molecule has 0 aliphatic rings. The topological polar surface area (TPSA) is 49.4 Å². The molecule has 2 rings (SSSR count). The van der Waals surface area contributed by atoms with Gasteiger partial charge in [0.2, 0.25) is 11.8 Å². The number of carbonyl (C=O) groups excluding carboxylic acids is 2. The van der Waals surface area contributed by atoms with E-state index in [1.54, 1.807) is 16.7 Å². The fourth-order valence-electron chi connectivity index (χ4n) is 3.80. The van der Waals surface area contributed by atoms with Gasteiger partial charge in [-0.05, 0) is 49.8 Å². The Bertz CT molecular complexity index is 890. The third-order valence-corrected chi connectivity index (χ3v) is 6.44. The van der Waals surface area contributed by atoms with Crippen molar-refractivity contribution in [2.45, 2.75) is 66.3 Å². The van der Waals surface area contributed by atoms with Crippen LogP contribution in [0.4, 0.5) is 0 Å². The predicted molar refractivity (Wildman–Crippen MR) is 136 cm³/mol. The van der Waals surface area contributed by atoms with Crippen LogP contribution in [0.25, 0.3) is 0 Å². The van der Waals surface area contributed by atoms with Crippen molar-refractivity contribution >= 4 is 23.6 Å². The van der Waals surface area contributed by atoms with Crippen molar-refractivity contribution in [2.24, 2.45) is 5.92 Å². The summed E-state index contributed by atoms with van der Waals surface area (Å²) in [5, 5.41) is 3.02. The third kappa shape index (κ3) is 8.01. The molecule has 0 aromatic heterocycles. The fourth-order valence-corrected chi connectivity index (χ4v) is 4.65. The van der Waals surface area contributed by atoms with E-state index in [-0.39, 0.29) is 11.8 Å². The molecule has 5 heteroatoms. The second-order valence-corrected chi connectivity index (χ2v) is 9.99. The number of amides is 2. The summed E-state index contributed by atoms with van der Waals surface area (Å²) in [5.74, 6) is 1.44. The molecule has 4 nitrogen and oxygen atoms in total. The lowest BCUT2D eigenvalue weighted by molar-refractivity contribution is -0.139. The summed E-state index contributed by atoms with van der Waals surface area (Å²) < 4.78 is 0. The van der Waals surface area contributed by atoms with Crippen LogP contribution < -0.4 is 5.32 Å². The Morgan fingerprint density at radius 3 is 2.28 bits per heavy atom. The van der Waals surface area contributed by atoms with Gasteiger partial charge in [0, 0.05) is 18.8 Å². The summed E-state index contributed by atoms with van der Waals surface area (Å²) in [6.45, 7) is 13.4. The van der Waals surface area contributed by atoms with Crippen molar-refractivity contribution in [1.29, 1.82) is 0 Å². The molecule has 0 radical (unpaired) electrons. The lowest BCUT2D eigenvalue weighted by Crippen LogP contribution is -2.50. The summed E-state index contributed by atoms with van der Waals surface area (Å²) in [7, 11) is 0. The maximum absolute atomic E-state index is 13.4. The highest BCUT2D eigenvalue weighted by atomic mass is 32.2. The van der Waals surface area contributed by atoms with Gasteiger partial charge in [-0.15, -0.1) is 11.8 Å². The van der Waals surface area contributed by atoms with Gasteiger partial charge in [0.25, 0.3) is 0 Å². The average molecular weight is 455 g/mol. The summed E-state index contributed by atoms with van der Waals surface area (Å²) in [4.78, 5) is 28.1. The van der Waals surface area contributed by atoms with E-state index in [2.05, 4.69) is 51.2 Å². The van der Waals surface area contributed by atoms with Crippen LogP contribution in [0, 0.1) is 26.7 Å². The minimum atomic E-state index is -0.470. The van der Waals surface area contributed by atoms with Gasteiger partial charge in [0.15, 0.2) is 0 Å². The number of benzene rings is 2. The van der Waals surface area contributed by atoms with Crippen molar-refractivity contribution in [3.63, 3.8) is 0 Å². The number of hydrogen-bond donors (Lipinski definition) is 1. The maximum atomic E-state index is 13.4. The van der Waals surface area contributed by atoms with Gasteiger partial charge in [-0.2, -0.15) is 0 Å². The molecule has 1 atom stereocenters. The highest BCUT2D eigenvalue weighted by Crippen LogP contribution is 2.20. The van der Waals surface area contributed by atoms with Gasteiger partial charge < -0.3 is 10.2 Å². The fraction of sp³-hybridized carbons (Fsp3) is 0.481. The molecule has 0 fully saturated rings. The standard InChI is InChI=1S/C27H38N2O2S/c1-7-25(27(31)28-15-19(2)3)29(16-24-11-9-8-10-22(24)6)26(30)18-32-17-23-13-20(4)12-21(5)14-23/h8-14,19,25H,7,15-18H2,1-6H3,(H,28,31)/t25-/m0/s1. The molecular formula is C27H38N2O2S. The number of rotatable bonds is 11. The molecule has 2 amide bonds. The number of nitrogens with zero attached hydrogens (tertiary/aromatic N) is 1. The summed E-state index contributed by atoms with van der Waals surface area (Å²) in [6, 6.07) is 14.1. The Morgan fingerprint density at radius 1 is 1.03 bits per heavy atom. The van der Waals surface area contributed by atoms with E-state index in [1.807, 2.05) is 38.1 Å². The first-order valence-electron chi connectivity index (χ1n) is 11.5. The lowest BCUT2D eigenvalue weighted by Gasteiger charge is -2.31. The van der Waals surface area contributed by atoms with Crippen LogP contribution in [0.2, 0.25) is 0 Å². The first-order chi connectivity index (χ1) is 15.2. The SMILES string of the molecule is CC[C@@H](C(=O)NCC(C)C)N(Cc1ccccc1C)C(=O)CSCc1cc(C)cc(C)c1. The van der Waals surface area contributed by atoms with E-state index in [0.717, 1.165) is 16.9 Å². The maximum Gasteiger partial charge on any atom is 0.242 e. The summed E-state index contributed by atoms with van der Waals surface area (Å²) >= 11 is 1.61. The van der Waals surface area contributed by atoms with Crippen molar-refractivity contribution in [1.82, 2.24) is 10.2 Å². The van der Waals surface area contributed by atoms with Gasteiger partial charge in [-0.25, -0.2) is 0 Å². The zero-order valence-electron chi connectivity index (χ0n) is 20.4. The Kier molecular flexibility index (Phi) is 10.3. The molecule has 0 bridgehead atoms. The zero-order valence-corrected chi connectivity index (χ0v) is 21.2. The van der Waals surface area contributed by atoms with E-state index in [9.17, 15) is 9.59 Å². The molecule has 0 heterocycles. The van der Waals surface area contributed by atoms with Gasteiger partial charge >= 0.3 is 0 Å². The highest BCUT2D eigenvalue weighted by Gasteiger charge is 2.28. The first kappa shape index (κ1) is 26.0. The molecule has 1 N–H and O–H groups in total. The van der Waals surface area contributed by atoms with Gasteiger partial charge in [0.05, 0.1) is 5.75 Å². The van der Waals surface area contributed by atoms with Crippen LogP contribution in [0.5, 0.6) is 0 Å². The average Bonchev–Trinajstić information content (AvgIpc) is 2.72. The predicted octanol–water partition coefficient (Wildman–Crippen LogP) is 5.42. The molecule has 174 valence electrons. The van der Waals surface area contributed by atoms with Crippen molar-refractivity contribution < 1.29 is 9.59 Å². The van der Waals surface area contributed by atoms with E-state index in [0.29, 0.717) is 31.2 Å². The first-order valence-corrected chi connectivity index (χ1v) is 12.6. The normalized spacial score (nSPS) is 12.0. The van der Waals surface area contributed by atoms with Crippen LogP contribution in [-0.4, -0.2) is 35.1 Å². The number of carbonyl (C=O) groups is 2. The zero-order chi connectivity index (χ0) is 23.7. The molecule has 0 spiro atoms. The van der Waals surface area contributed by atoms with Crippen LogP contribution in [0.1, 0.15) is 55.0 Å². The van der Waals surface area contributed by atoms with Crippen LogP contribution in [-0.2, 0) is 21.9 Å². The van der Waals surface area contributed by atoms with E-state index in [1.165, 1.54) is 16.7 Å².